The molecule has 3 aromatic rings. The molecule has 0 aliphatic rings. The molecule has 1 aromatic heterocycles. The van der Waals surface area contributed by atoms with Gasteiger partial charge in [-0.15, -0.1) is 0 Å². The van der Waals surface area contributed by atoms with Gasteiger partial charge in [-0.25, -0.2) is 4.79 Å². The van der Waals surface area contributed by atoms with Crippen LogP contribution in [0.2, 0.25) is 0 Å². The molecule has 0 saturated heterocycles. The molecule has 0 saturated carbocycles. The van der Waals surface area contributed by atoms with E-state index in [-0.39, 0.29) is 18.9 Å². The first kappa shape index (κ1) is 18.1. The molecule has 1 N–H and O–H groups in total. The Morgan fingerprint density at radius 3 is 2.56 bits per heavy atom. The van der Waals surface area contributed by atoms with E-state index in [9.17, 15) is 14.4 Å². The highest BCUT2D eigenvalue weighted by Gasteiger charge is 2.12. The number of nitriles is 1. The predicted molar refractivity (Wildman–Crippen MR) is 101 cm³/mol. The molecular formula is C20H18N4O3. The zero-order valence-electron chi connectivity index (χ0n) is 14.8. The van der Waals surface area contributed by atoms with Gasteiger partial charge in [0.15, 0.2) is 0 Å². The van der Waals surface area contributed by atoms with Crippen molar-refractivity contribution in [2.75, 3.05) is 7.05 Å². The maximum atomic E-state index is 12.4. The number of amides is 1. The fourth-order valence-electron chi connectivity index (χ4n) is 2.91. The van der Waals surface area contributed by atoms with Crippen molar-refractivity contribution < 1.29 is 4.79 Å². The Hall–Kier alpha value is -3.66. The SMILES string of the molecule is CN(Cc1ccc(C#N)cc1)C(=O)CCn1c(=O)[nH]c(=O)c2ccccc21. The van der Waals surface area contributed by atoms with Gasteiger partial charge in [-0.05, 0) is 29.8 Å². The van der Waals surface area contributed by atoms with E-state index in [0.717, 1.165) is 5.56 Å². The van der Waals surface area contributed by atoms with Gasteiger partial charge in [-0.3, -0.25) is 19.1 Å². The second-order valence-electron chi connectivity index (χ2n) is 6.24. The summed E-state index contributed by atoms with van der Waals surface area (Å²) in [5.74, 6) is -0.124. The second-order valence-corrected chi connectivity index (χ2v) is 6.24. The Morgan fingerprint density at radius 2 is 1.85 bits per heavy atom. The van der Waals surface area contributed by atoms with Gasteiger partial charge in [0.05, 0.1) is 22.5 Å². The van der Waals surface area contributed by atoms with Gasteiger partial charge in [0, 0.05) is 26.6 Å². The van der Waals surface area contributed by atoms with E-state index in [4.69, 9.17) is 5.26 Å². The van der Waals surface area contributed by atoms with Crippen molar-refractivity contribution in [1.82, 2.24) is 14.5 Å². The molecule has 0 aliphatic heterocycles. The number of benzene rings is 2. The zero-order valence-corrected chi connectivity index (χ0v) is 14.8. The van der Waals surface area contributed by atoms with Gasteiger partial charge in [-0.1, -0.05) is 24.3 Å². The van der Waals surface area contributed by atoms with Gasteiger partial charge in [-0.2, -0.15) is 5.26 Å². The Bertz CT molecular complexity index is 1140. The minimum Gasteiger partial charge on any atom is -0.341 e. The van der Waals surface area contributed by atoms with Crippen molar-refractivity contribution in [2.24, 2.45) is 0 Å². The van der Waals surface area contributed by atoms with Gasteiger partial charge < -0.3 is 4.90 Å². The molecule has 0 aliphatic carbocycles. The Kier molecular flexibility index (Phi) is 5.18. The van der Waals surface area contributed by atoms with E-state index in [2.05, 4.69) is 11.1 Å². The highest BCUT2D eigenvalue weighted by Crippen LogP contribution is 2.09. The molecule has 7 heteroatoms. The summed E-state index contributed by atoms with van der Waals surface area (Å²) in [6.45, 7) is 0.582. The summed E-state index contributed by atoms with van der Waals surface area (Å²) < 4.78 is 1.41. The molecule has 1 heterocycles. The first-order valence-corrected chi connectivity index (χ1v) is 8.44. The number of carbonyl (C=O) groups is 1. The highest BCUT2D eigenvalue weighted by atomic mass is 16.2. The summed E-state index contributed by atoms with van der Waals surface area (Å²) in [6, 6.07) is 15.9. The van der Waals surface area contributed by atoms with E-state index < -0.39 is 11.2 Å². The molecule has 0 unspecified atom stereocenters. The number of nitrogens with one attached hydrogen (secondary N) is 1. The quantitative estimate of drug-likeness (QED) is 0.745. The van der Waals surface area contributed by atoms with Gasteiger partial charge in [0.2, 0.25) is 5.91 Å². The lowest BCUT2D eigenvalue weighted by atomic mass is 10.1. The van der Waals surface area contributed by atoms with Crippen LogP contribution in [0, 0.1) is 11.3 Å². The van der Waals surface area contributed by atoms with Crippen molar-refractivity contribution in [3.63, 3.8) is 0 Å². The molecule has 3 rings (SSSR count). The number of para-hydroxylation sites is 1. The van der Waals surface area contributed by atoms with Crippen LogP contribution in [0.3, 0.4) is 0 Å². The number of aromatic nitrogens is 2. The number of aryl methyl sites for hydroxylation is 1. The molecule has 0 bridgehead atoms. The van der Waals surface area contributed by atoms with E-state index in [1.54, 1.807) is 48.3 Å². The summed E-state index contributed by atoms with van der Waals surface area (Å²) in [5, 5.41) is 9.24. The lowest BCUT2D eigenvalue weighted by Crippen LogP contribution is -2.33. The molecule has 2 aromatic carbocycles. The van der Waals surface area contributed by atoms with Crippen LogP contribution in [-0.4, -0.2) is 27.4 Å². The number of nitrogens with zero attached hydrogens (tertiary/aromatic N) is 3. The maximum Gasteiger partial charge on any atom is 0.328 e. The third-order valence-electron chi connectivity index (χ3n) is 4.38. The molecule has 7 nitrogen and oxygen atoms in total. The monoisotopic (exact) mass is 362 g/mol. The van der Waals surface area contributed by atoms with E-state index in [1.165, 1.54) is 4.57 Å². The minimum atomic E-state index is -0.527. The van der Waals surface area contributed by atoms with Crippen molar-refractivity contribution in [1.29, 1.82) is 5.26 Å². The Morgan fingerprint density at radius 1 is 1.15 bits per heavy atom. The van der Waals surface area contributed by atoms with Gasteiger partial charge >= 0.3 is 5.69 Å². The van der Waals surface area contributed by atoms with Crippen LogP contribution < -0.4 is 11.2 Å². The maximum absolute atomic E-state index is 12.4. The van der Waals surface area contributed by atoms with Crippen molar-refractivity contribution >= 4 is 16.8 Å². The number of H-pyrrole nitrogens is 1. The summed E-state index contributed by atoms with van der Waals surface area (Å²) in [4.78, 5) is 40.3. The number of hydrogen-bond donors (Lipinski definition) is 1. The molecule has 0 spiro atoms. The van der Waals surface area contributed by atoms with Gasteiger partial charge in [0.1, 0.15) is 0 Å². The fraction of sp³-hybridized carbons (Fsp3) is 0.200. The molecule has 136 valence electrons. The topological polar surface area (TPSA) is 99.0 Å². The number of rotatable bonds is 5. The van der Waals surface area contributed by atoms with E-state index in [1.807, 2.05) is 12.1 Å². The number of hydrogen-bond acceptors (Lipinski definition) is 4. The first-order chi connectivity index (χ1) is 13.0. The third-order valence-corrected chi connectivity index (χ3v) is 4.38. The van der Waals surface area contributed by atoms with Crippen LogP contribution in [0.5, 0.6) is 0 Å². The molecule has 27 heavy (non-hydrogen) atoms. The van der Waals surface area contributed by atoms with Crippen molar-refractivity contribution in [2.45, 2.75) is 19.5 Å². The van der Waals surface area contributed by atoms with Crippen LogP contribution in [0.25, 0.3) is 10.9 Å². The Labute approximate surface area is 155 Å². The zero-order chi connectivity index (χ0) is 19.4. The van der Waals surface area contributed by atoms with Crippen LogP contribution in [0.1, 0.15) is 17.5 Å². The normalized spacial score (nSPS) is 10.5. The summed E-state index contributed by atoms with van der Waals surface area (Å²) in [6.07, 6.45) is 0.128. The third kappa shape index (κ3) is 3.96. The highest BCUT2D eigenvalue weighted by molar-refractivity contribution is 5.78. The number of carbonyl (C=O) groups excluding carboxylic acids is 1. The number of fused-ring (bicyclic) bond motifs is 1. The lowest BCUT2D eigenvalue weighted by Gasteiger charge is -2.18. The van der Waals surface area contributed by atoms with Crippen LogP contribution in [-0.2, 0) is 17.9 Å². The lowest BCUT2D eigenvalue weighted by molar-refractivity contribution is -0.130. The van der Waals surface area contributed by atoms with E-state index in [0.29, 0.717) is 23.0 Å². The fourth-order valence-corrected chi connectivity index (χ4v) is 2.91. The number of aromatic amines is 1. The largest absolute Gasteiger partial charge is 0.341 e. The summed E-state index contributed by atoms with van der Waals surface area (Å²) >= 11 is 0. The van der Waals surface area contributed by atoms with Crippen LogP contribution >= 0.6 is 0 Å². The minimum absolute atomic E-state index is 0.124. The predicted octanol–water partition coefficient (Wildman–Crippen LogP) is 1.61. The van der Waals surface area contributed by atoms with Crippen LogP contribution in [0.15, 0.2) is 58.1 Å². The van der Waals surface area contributed by atoms with Crippen molar-refractivity contribution in [3.8, 4) is 6.07 Å². The molecule has 0 radical (unpaired) electrons. The van der Waals surface area contributed by atoms with Crippen molar-refractivity contribution in [3.05, 3.63) is 80.5 Å². The average molecular weight is 362 g/mol. The van der Waals surface area contributed by atoms with Gasteiger partial charge in [0.25, 0.3) is 5.56 Å². The smallest absolute Gasteiger partial charge is 0.328 e. The first-order valence-electron chi connectivity index (χ1n) is 8.44. The molecule has 0 atom stereocenters. The summed E-state index contributed by atoms with van der Waals surface area (Å²) in [5.41, 5.74) is 1.03. The summed E-state index contributed by atoms with van der Waals surface area (Å²) in [7, 11) is 1.69. The molecule has 1 amide bonds. The Balaban J connectivity index is 1.72. The van der Waals surface area contributed by atoms with Crippen LogP contribution in [0.4, 0.5) is 0 Å². The average Bonchev–Trinajstić information content (AvgIpc) is 2.68. The molecule has 0 fully saturated rings. The standard InChI is InChI=1S/C20H18N4O3/c1-23(13-15-8-6-14(12-21)7-9-15)18(25)10-11-24-17-5-3-2-4-16(17)19(26)22-20(24)27/h2-9H,10-11,13H2,1H3,(H,22,26,27). The van der Waals surface area contributed by atoms with E-state index >= 15 is 0 Å². The molecular weight excluding hydrogens is 344 g/mol. The second kappa shape index (κ2) is 7.70.